The summed E-state index contributed by atoms with van der Waals surface area (Å²) in [7, 11) is 0. The first kappa shape index (κ1) is 17.6. The maximum atomic E-state index is 12.0. The van der Waals surface area contributed by atoms with Crippen LogP contribution < -0.4 is 0 Å². The van der Waals surface area contributed by atoms with E-state index in [1.807, 2.05) is 18.7 Å². The number of hydrogen-bond donors (Lipinski definition) is 0. The standard InChI is InChI=1S/C19H32O3S/c1-5-21-17(20)12-14-7-6-10-19(14)22-16-11-13(2)8-9-15(16)18(3,4)23-19/h13-16H,5-12H2,1-4H3/t13-,14-,15-,16+,19+/m1/s1. The first-order valence-corrected chi connectivity index (χ1v) is 10.2. The average Bonchev–Trinajstić information content (AvgIpc) is 2.79. The van der Waals surface area contributed by atoms with Crippen molar-refractivity contribution in [1.82, 2.24) is 0 Å². The Morgan fingerprint density at radius 2 is 2.09 bits per heavy atom. The van der Waals surface area contributed by atoms with E-state index in [2.05, 4.69) is 20.8 Å². The molecular formula is C19H32O3S. The fraction of sp³-hybridized carbons (Fsp3) is 0.947. The molecule has 0 aromatic heterocycles. The van der Waals surface area contributed by atoms with Gasteiger partial charge in [0.25, 0.3) is 0 Å². The molecule has 1 spiro atoms. The third-order valence-electron chi connectivity index (χ3n) is 6.15. The van der Waals surface area contributed by atoms with Gasteiger partial charge in [-0.1, -0.05) is 27.2 Å². The second kappa shape index (κ2) is 6.59. The van der Waals surface area contributed by atoms with Gasteiger partial charge in [0.15, 0.2) is 0 Å². The first-order valence-electron chi connectivity index (χ1n) is 9.40. The molecule has 3 fully saturated rings. The van der Waals surface area contributed by atoms with Crippen molar-refractivity contribution >= 4 is 17.7 Å². The molecule has 0 radical (unpaired) electrons. The monoisotopic (exact) mass is 340 g/mol. The molecule has 2 aliphatic carbocycles. The van der Waals surface area contributed by atoms with Gasteiger partial charge in [-0.2, -0.15) is 0 Å². The highest BCUT2D eigenvalue weighted by Gasteiger charge is 2.57. The summed E-state index contributed by atoms with van der Waals surface area (Å²) in [6.45, 7) is 9.50. The van der Waals surface area contributed by atoms with Crippen molar-refractivity contribution in [3.05, 3.63) is 0 Å². The van der Waals surface area contributed by atoms with E-state index in [0.29, 0.717) is 31.0 Å². The van der Waals surface area contributed by atoms with Gasteiger partial charge in [0, 0.05) is 10.7 Å². The predicted molar refractivity (Wildman–Crippen MR) is 94.4 cm³/mol. The minimum Gasteiger partial charge on any atom is -0.466 e. The van der Waals surface area contributed by atoms with Gasteiger partial charge in [-0.3, -0.25) is 4.79 Å². The quantitative estimate of drug-likeness (QED) is 0.693. The molecule has 0 N–H and O–H groups in total. The van der Waals surface area contributed by atoms with Crippen molar-refractivity contribution < 1.29 is 14.3 Å². The van der Waals surface area contributed by atoms with Gasteiger partial charge in [-0.05, 0) is 50.9 Å². The topological polar surface area (TPSA) is 35.5 Å². The SMILES string of the molecule is CCOC(=O)C[C@H]1CCC[C@@]12O[C@H]1C[C@H](C)CC[C@H]1C(C)(C)S2. The number of esters is 1. The van der Waals surface area contributed by atoms with Gasteiger partial charge in [0.1, 0.15) is 4.93 Å². The largest absolute Gasteiger partial charge is 0.466 e. The maximum absolute atomic E-state index is 12.0. The third kappa shape index (κ3) is 3.44. The number of carbonyl (C=O) groups excluding carboxylic acids is 1. The number of carbonyl (C=O) groups is 1. The zero-order valence-corrected chi connectivity index (χ0v) is 15.9. The lowest BCUT2D eigenvalue weighted by Crippen LogP contribution is -2.55. The molecule has 4 heteroatoms. The lowest BCUT2D eigenvalue weighted by molar-refractivity contribution is -0.150. The van der Waals surface area contributed by atoms with Crippen LogP contribution in [0.15, 0.2) is 0 Å². The number of hydrogen-bond acceptors (Lipinski definition) is 4. The van der Waals surface area contributed by atoms with Crippen molar-refractivity contribution in [3.8, 4) is 0 Å². The van der Waals surface area contributed by atoms with Crippen LogP contribution in [0.1, 0.15) is 72.6 Å². The van der Waals surface area contributed by atoms with Crippen molar-refractivity contribution in [2.45, 2.75) is 88.4 Å². The Labute approximate surface area is 145 Å². The summed E-state index contributed by atoms with van der Waals surface area (Å²) >= 11 is 2.02. The molecule has 5 atom stereocenters. The molecule has 0 aromatic carbocycles. The summed E-state index contributed by atoms with van der Waals surface area (Å²) in [6, 6.07) is 0. The second-order valence-electron chi connectivity index (χ2n) is 8.30. The summed E-state index contributed by atoms with van der Waals surface area (Å²) in [5, 5.41) is 0. The van der Waals surface area contributed by atoms with Crippen molar-refractivity contribution in [3.63, 3.8) is 0 Å². The molecule has 0 amide bonds. The van der Waals surface area contributed by atoms with E-state index in [1.165, 1.54) is 25.7 Å². The molecule has 132 valence electrons. The molecule has 1 aliphatic heterocycles. The molecular weight excluding hydrogens is 308 g/mol. The van der Waals surface area contributed by atoms with Crippen LogP contribution in [0, 0.1) is 17.8 Å². The zero-order valence-electron chi connectivity index (χ0n) is 15.1. The van der Waals surface area contributed by atoms with E-state index >= 15 is 0 Å². The van der Waals surface area contributed by atoms with Gasteiger partial charge < -0.3 is 9.47 Å². The van der Waals surface area contributed by atoms with Crippen molar-refractivity contribution in [2.75, 3.05) is 6.61 Å². The summed E-state index contributed by atoms with van der Waals surface area (Å²) in [6.07, 6.45) is 8.03. The normalized spacial score (nSPS) is 42.4. The van der Waals surface area contributed by atoms with Crippen LogP contribution in [0.3, 0.4) is 0 Å². The molecule has 3 nitrogen and oxygen atoms in total. The van der Waals surface area contributed by atoms with Crippen LogP contribution in [-0.2, 0) is 14.3 Å². The minimum absolute atomic E-state index is 0.0556. The Kier molecular flexibility index (Phi) is 5.04. The fourth-order valence-electron chi connectivity index (χ4n) is 5.04. The highest BCUT2D eigenvalue weighted by molar-refractivity contribution is 8.01. The minimum atomic E-state index is -0.158. The Balaban J connectivity index is 1.78. The van der Waals surface area contributed by atoms with E-state index in [0.717, 1.165) is 18.8 Å². The van der Waals surface area contributed by atoms with Crippen LogP contribution in [0.5, 0.6) is 0 Å². The van der Waals surface area contributed by atoms with E-state index in [1.54, 1.807) is 0 Å². The molecule has 0 unspecified atom stereocenters. The van der Waals surface area contributed by atoms with Gasteiger partial charge in [0.05, 0.1) is 19.1 Å². The molecule has 23 heavy (non-hydrogen) atoms. The molecule has 3 aliphatic rings. The van der Waals surface area contributed by atoms with E-state index in [4.69, 9.17) is 9.47 Å². The molecule has 2 saturated carbocycles. The number of rotatable bonds is 3. The summed E-state index contributed by atoms with van der Waals surface area (Å²) in [5.74, 6) is 1.67. The molecule has 0 bridgehead atoms. The van der Waals surface area contributed by atoms with E-state index in [-0.39, 0.29) is 15.6 Å². The Morgan fingerprint density at radius 1 is 1.30 bits per heavy atom. The Morgan fingerprint density at radius 3 is 2.83 bits per heavy atom. The van der Waals surface area contributed by atoms with Gasteiger partial charge in [0.2, 0.25) is 0 Å². The van der Waals surface area contributed by atoms with Gasteiger partial charge in [-0.15, -0.1) is 11.8 Å². The zero-order chi connectivity index (χ0) is 16.7. The number of ether oxygens (including phenoxy) is 2. The van der Waals surface area contributed by atoms with Crippen LogP contribution >= 0.6 is 11.8 Å². The van der Waals surface area contributed by atoms with Crippen LogP contribution in [0.4, 0.5) is 0 Å². The molecule has 3 rings (SSSR count). The lowest BCUT2D eigenvalue weighted by Gasteiger charge is -2.55. The Bertz CT molecular complexity index is 450. The molecule has 0 aromatic rings. The van der Waals surface area contributed by atoms with Crippen LogP contribution in [0.25, 0.3) is 0 Å². The maximum Gasteiger partial charge on any atom is 0.306 e. The smallest absolute Gasteiger partial charge is 0.306 e. The van der Waals surface area contributed by atoms with Gasteiger partial charge in [-0.25, -0.2) is 0 Å². The van der Waals surface area contributed by atoms with Crippen molar-refractivity contribution in [1.29, 1.82) is 0 Å². The molecule has 1 heterocycles. The van der Waals surface area contributed by atoms with Crippen LogP contribution in [-0.4, -0.2) is 28.4 Å². The van der Waals surface area contributed by atoms with Crippen molar-refractivity contribution in [2.24, 2.45) is 17.8 Å². The molecule has 1 saturated heterocycles. The highest BCUT2D eigenvalue weighted by atomic mass is 32.2. The fourth-order valence-corrected chi connectivity index (χ4v) is 7.14. The van der Waals surface area contributed by atoms with Gasteiger partial charge >= 0.3 is 5.97 Å². The summed E-state index contributed by atoms with van der Waals surface area (Å²) in [4.78, 5) is 11.9. The highest BCUT2D eigenvalue weighted by Crippen LogP contribution is 2.61. The average molecular weight is 341 g/mol. The summed E-state index contributed by atoms with van der Waals surface area (Å²) < 4.78 is 12.2. The Hall–Kier alpha value is -0.220. The third-order valence-corrected chi connectivity index (χ3v) is 7.96. The first-order chi connectivity index (χ1) is 10.9. The number of fused-ring (bicyclic) bond motifs is 1. The summed E-state index contributed by atoms with van der Waals surface area (Å²) in [5.41, 5.74) is 0. The predicted octanol–water partition coefficient (Wildman–Crippen LogP) is 4.78. The van der Waals surface area contributed by atoms with Crippen LogP contribution in [0.2, 0.25) is 0 Å². The van der Waals surface area contributed by atoms with E-state index in [9.17, 15) is 4.79 Å². The lowest BCUT2D eigenvalue weighted by atomic mass is 9.74. The second-order valence-corrected chi connectivity index (χ2v) is 10.2. The van der Waals surface area contributed by atoms with E-state index < -0.39 is 0 Å². The number of thioether (sulfide) groups is 1.